The van der Waals surface area contributed by atoms with Gasteiger partial charge in [-0.25, -0.2) is 18.5 Å². The van der Waals surface area contributed by atoms with Crippen molar-refractivity contribution in [1.82, 2.24) is 45.1 Å². The summed E-state index contributed by atoms with van der Waals surface area (Å²) in [4.78, 5) is 24.2. The third kappa shape index (κ3) is 4.98. The van der Waals surface area contributed by atoms with Crippen molar-refractivity contribution in [2.24, 2.45) is 5.73 Å². The van der Waals surface area contributed by atoms with Crippen LogP contribution < -0.4 is 11.1 Å². The maximum atomic E-state index is 13.7. The zero-order chi connectivity index (χ0) is 28.0. The van der Waals surface area contributed by atoms with Gasteiger partial charge in [0.25, 0.3) is 15.9 Å². The number of hydrogen-bond acceptors (Lipinski definition) is 10. The van der Waals surface area contributed by atoms with Gasteiger partial charge in [0.05, 0.1) is 5.69 Å². The van der Waals surface area contributed by atoms with Crippen LogP contribution in [-0.2, 0) is 29.4 Å². The van der Waals surface area contributed by atoms with Crippen molar-refractivity contribution in [2.75, 3.05) is 19.6 Å². The van der Waals surface area contributed by atoms with Crippen LogP contribution in [0.4, 0.5) is 0 Å². The Labute approximate surface area is 233 Å². The van der Waals surface area contributed by atoms with Gasteiger partial charge in [0.15, 0.2) is 5.01 Å². The summed E-state index contributed by atoms with van der Waals surface area (Å²) in [6, 6.07) is 6.54. The first-order valence-electron chi connectivity index (χ1n) is 12.9. The van der Waals surface area contributed by atoms with Gasteiger partial charge in [-0.3, -0.25) is 10.2 Å². The van der Waals surface area contributed by atoms with E-state index in [0.29, 0.717) is 52.7 Å². The van der Waals surface area contributed by atoms with Crippen molar-refractivity contribution in [3.05, 3.63) is 51.2 Å². The number of nitrogens with two attached hydrogens (primary N) is 1. The van der Waals surface area contributed by atoms with Gasteiger partial charge < -0.3 is 20.9 Å². The first-order chi connectivity index (χ1) is 19.2. The van der Waals surface area contributed by atoms with Crippen LogP contribution in [-0.4, -0.2) is 91.7 Å². The lowest BCUT2D eigenvalue weighted by molar-refractivity contribution is 0.0549. The van der Waals surface area contributed by atoms with E-state index in [4.69, 9.17) is 11.1 Å². The number of H-pyrrole nitrogens is 2. The van der Waals surface area contributed by atoms with Gasteiger partial charge in [-0.2, -0.15) is 4.31 Å². The molecule has 1 aromatic carbocycles. The van der Waals surface area contributed by atoms with Crippen molar-refractivity contribution in [3.63, 3.8) is 0 Å². The van der Waals surface area contributed by atoms with Gasteiger partial charge in [0.1, 0.15) is 16.7 Å². The molecule has 5 heterocycles. The van der Waals surface area contributed by atoms with E-state index in [1.54, 1.807) is 29.2 Å². The molecule has 1 saturated heterocycles. The number of fused-ring (bicyclic) bond motifs is 2. The Balaban J connectivity index is 1.26. The van der Waals surface area contributed by atoms with E-state index in [9.17, 15) is 13.2 Å². The van der Waals surface area contributed by atoms with E-state index in [2.05, 4.69) is 42.8 Å². The summed E-state index contributed by atoms with van der Waals surface area (Å²) < 4.78 is 28.9. The van der Waals surface area contributed by atoms with Crippen LogP contribution >= 0.6 is 11.3 Å². The van der Waals surface area contributed by atoms with Crippen molar-refractivity contribution in [1.29, 1.82) is 5.41 Å². The quantitative estimate of drug-likeness (QED) is 0.152. The number of amides is 1. The highest BCUT2D eigenvalue weighted by Crippen LogP contribution is 2.29. The fourth-order valence-corrected chi connectivity index (χ4v) is 7.70. The largest absolute Gasteiger partial charge is 0.384 e. The Morgan fingerprint density at radius 1 is 1.27 bits per heavy atom. The normalized spacial score (nSPS) is 20.1. The molecule has 6 N–H and O–H groups in total. The van der Waals surface area contributed by atoms with Gasteiger partial charge in [-0.15, -0.1) is 16.4 Å². The van der Waals surface area contributed by atoms with Gasteiger partial charge in [0, 0.05) is 72.4 Å². The second-order valence-electron chi connectivity index (χ2n) is 10.1. The summed E-state index contributed by atoms with van der Waals surface area (Å²) in [7, 11) is -3.90. The summed E-state index contributed by atoms with van der Waals surface area (Å²) in [5, 5.41) is 26.1. The highest BCUT2D eigenvalue weighted by Gasteiger charge is 2.38. The third-order valence-corrected chi connectivity index (χ3v) is 10.3. The number of carbonyl (C=O) groups excluding carboxylic acids is 1. The molecule has 2 unspecified atom stereocenters. The third-order valence-electron chi connectivity index (χ3n) is 7.41. The number of aromatic nitrogens is 6. The number of amidine groups is 1. The van der Waals surface area contributed by atoms with Crippen LogP contribution in [0.2, 0.25) is 0 Å². The highest BCUT2D eigenvalue weighted by atomic mass is 32.2. The molecule has 40 heavy (non-hydrogen) atoms. The molecule has 2 aliphatic heterocycles. The fraction of sp³-hybridized carbons (Fsp3) is 0.417. The van der Waals surface area contributed by atoms with Gasteiger partial charge in [-0.1, -0.05) is 12.1 Å². The SMILES string of the molecule is CC1Cc2nc(C(=O)N3CCN(S(=O)(=O)c4cc5ccc(C(=N)N)cc5[nH]4)CC3CCc3nnn[nH]3)sc2CN1. The summed E-state index contributed by atoms with van der Waals surface area (Å²) in [5.41, 5.74) is 7.63. The minimum atomic E-state index is -3.90. The van der Waals surface area contributed by atoms with E-state index in [1.165, 1.54) is 15.6 Å². The number of nitrogen functional groups attached to an aromatic ring is 1. The molecule has 0 spiro atoms. The van der Waals surface area contributed by atoms with Gasteiger partial charge >= 0.3 is 0 Å². The van der Waals surface area contributed by atoms with Gasteiger partial charge in [-0.05, 0) is 35.9 Å². The van der Waals surface area contributed by atoms with E-state index in [-0.39, 0.29) is 36.4 Å². The van der Waals surface area contributed by atoms with E-state index in [1.807, 2.05) is 0 Å². The average Bonchev–Trinajstić information content (AvgIpc) is 3.70. The van der Waals surface area contributed by atoms with Crippen LogP contribution in [0.1, 0.15) is 45.1 Å². The molecule has 3 aromatic heterocycles. The average molecular weight is 584 g/mol. The zero-order valence-electron chi connectivity index (χ0n) is 21.7. The number of hydrogen-bond donors (Lipinski definition) is 5. The van der Waals surface area contributed by atoms with E-state index >= 15 is 0 Å². The predicted octanol–water partition coefficient (Wildman–Crippen LogP) is 0.604. The molecule has 1 amide bonds. The van der Waals surface area contributed by atoms with Crippen LogP contribution in [0.3, 0.4) is 0 Å². The molecule has 4 aromatic rings. The van der Waals surface area contributed by atoms with Crippen LogP contribution in [0.25, 0.3) is 10.9 Å². The first-order valence-corrected chi connectivity index (χ1v) is 15.2. The van der Waals surface area contributed by atoms with Crippen molar-refractivity contribution < 1.29 is 13.2 Å². The Kier molecular flexibility index (Phi) is 6.85. The fourth-order valence-electron chi connectivity index (χ4n) is 5.22. The molecule has 0 aliphatic carbocycles. The van der Waals surface area contributed by atoms with E-state index < -0.39 is 16.1 Å². The summed E-state index contributed by atoms with van der Waals surface area (Å²) >= 11 is 1.40. The number of rotatable bonds is 7. The minimum Gasteiger partial charge on any atom is -0.384 e. The molecule has 2 aliphatic rings. The maximum Gasteiger partial charge on any atom is 0.283 e. The molecule has 6 rings (SSSR count). The molecular formula is C24H29N11O3S2. The highest BCUT2D eigenvalue weighted by molar-refractivity contribution is 7.89. The van der Waals surface area contributed by atoms with E-state index in [0.717, 1.165) is 17.0 Å². The summed E-state index contributed by atoms with van der Waals surface area (Å²) in [6.45, 7) is 3.27. The summed E-state index contributed by atoms with van der Waals surface area (Å²) in [6.07, 6.45) is 1.68. The summed E-state index contributed by atoms with van der Waals surface area (Å²) in [5.74, 6) is 0.277. The van der Waals surface area contributed by atoms with Crippen molar-refractivity contribution >= 4 is 44.0 Å². The first kappa shape index (κ1) is 26.5. The van der Waals surface area contributed by atoms with Crippen molar-refractivity contribution in [2.45, 2.75) is 49.8 Å². The molecule has 0 radical (unpaired) electrons. The van der Waals surface area contributed by atoms with Crippen molar-refractivity contribution in [3.8, 4) is 0 Å². The number of benzene rings is 1. The second kappa shape index (κ2) is 10.3. The molecule has 0 saturated carbocycles. The smallest absolute Gasteiger partial charge is 0.283 e. The van der Waals surface area contributed by atoms with Crippen LogP contribution in [0, 0.1) is 5.41 Å². The molecule has 1 fully saturated rings. The number of nitrogens with one attached hydrogen (secondary N) is 4. The minimum absolute atomic E-state index is 0.0513. The Morgan fingerprint density at radius 2 is 2.12 bits per heavy atom. The number of carbonyl (C=O) groups is 1. The number of aryl methyl sites for hydroxylation is 1. The lowest BCUT2D eigenvalue weighted by atomic mass is 10.1. The van der Waals surface area contributed by atoms with Gasteiger partial charge in [0.2, 0.25) is 0 Å². The lowest BCUT2D eigenvalue weighted by Crippen LogP contribution is -2.56. The Hall–Kier alpha value is -3.73. The second-order valence-corrected chi connectivity index (χ2v) is 13.1. The Bertz CT molecular complexity index is 1680. The Morgan fingerprint density at radius 3 is 2.90 bits per heavy atom. The molecule has 14 nitrogen and oxygen atoms in total. The number of thiazole rings is 1. The molecular weight excluding hydrogens is 554 g/mol. The van der Waals surface area contributed by atoms with Crippen LogP contribution in [0.5, 0.6) is 0 Å². The molecule has 16 heteroatoms. The topological polar surface area (TPSA) is 203 Å². The lowest BCUT2D eigenvalue weighted by Gasteiger charge is -2.40. The number of nitrogens with zero attached hydrogens (tertiary/aromatic N) is 6. The molecule has 2 atom stereocenters. The zero-order valence-corrected chi connectivity index (χ0v) is 23.3. The number of aromatic amines is 2. The van der Waals surface area contributed by atoms with Crippen LogP contribution in [0.15, 0.2) is 29.3 Å². The molecule has 0 bridgehead atoms. The predicted molar refractivity (Wildman–Crippen MR) is 148 cm³/mol. The number of tetrazole rings is 1. The number of piperazine rings is 1. The monoisotopic (exact) mass is 583 g/mol. The standard InChI is InChI=1S/C24H29N11O3S2/c1-13-8-18-19(11-27-13)39-23(29-18)24(36)35-7-6-34(12-16(35)4-5-20-30-32-33-31-20)40(37,38)21-10-14-2-3-15(22(25)26)9-17(14)28-21/h2-3,9-10,13,16,27-28H,4-8,11-12H2,1H3,(H3,25,26)(H,30,31,32,33). The maximum absolute atomic E-state index is 13.7. The number of sulfonamides is 1. The molecule has 210 valence electrons.